The average molecular weight is 303 g/mol. The highest BCUT2D eigenvalue weighted by Crippen LogP contribution is 2.28. The summed E-state index contributed by atoms with van der Waals surface area (Å²) in [5.74, 6) is -2.29. The summed E-state index contributed by atoms with van der Waals surface area (Å²) in [5, 5.41) is 18.8. The molecule has 0 aliphatic rings. The van der Waals surface area contributed by atoms with Crippen LogP contribution in [0.4, 0.5) is 19.6 Å². The van der Waals surface area contributed by atoms with E-state index in [4.69, 9.17) is 5.11 Å². The molecule has 0 saturated heterocycles. The summed E-state index contributed by atoms with van der Waals surface area (Å²) in [6.07, 6.45) is 0. The second kappa shape index (κ2) is 5.93. The smallest absolute Gasteiger partial charge is 0.313 e. The van der Waals surface area contributed by atoms with Gasteiger partial charge in [0.05, 0.1) is 11.4 Å². The first kappa shape index (κ1) is 13.7. The molecule has 2 N–H and O–H groups in total. The summed E-state index contributed by atoms with van der Waals surface area (Å²) in [5.41, 5.74) is -0.0501. The Morgan fingerprint density at radius 2 is 2.21 bits per heavy atom. The van der Waals surface area contributed by atoms with E-state index in [1.54, 1.807) is 0 Å². The molecule has 19 heavy (non-hydrogen) atoms. The van der Waals surface area contributed by atoms with Gasteiger partial charge in [0, 0.05) is 6.07 Å². The number of rotatable bonds is 5. The van der Waals surface area contributed by atoms with Crippen molar-refractivity contribution in [3.05, 3.63) is 29.8 Å². The minimum Gasteiger partial charge on any atom is -0.481 e. The van der Waals surface area contributed by atoms with Gasteiger partial charge in [-0.2, -0.15) is 0 Å². The lowest BCUT2D eigenvalue weighted by molar-refractivity contribution is -0.133. The third kappa shape index (κ3) is 3.86. The van der Waals surface area contributed by atoms with Gasteiger partial charge in [0.2, 0.25) is 5.13 Å². The third-order valence-corrected chi connectivity index (χ3v) is 3.85. The predicted molar refractivity (Wildman–Crippen MR) is 67.9 cm³/mol. The number of carbonyl (C=O) groups is 1. The van der Waals surface area contributed by atoms with Gasteiger partial charge in [0.15, 0.2) is 4.34 Å². The number of benzene rings is 1. The highest BCUT2D eigenvalue weighted by atomic mass is 32.2. The van der Waals surface area contributed by atoms with Crippen molar-refractivity contribution in [3.8, 4) is 0 Å². The lowest BCUT2D eigenvalue weighted by Gasteiger charge is -2.02. The molecule has 2 rings (SSSR count). The molecule has 0 fully saturated rings. The number of nitrogens with one attached hydrogen (secondary N) is 1. The van der Waals surface area contributed by atoms with E-state index in [1.807, 2.05) is 0 Å². The molecule has 0 aliphatic heterocycles. The van der Waals surface area contributed by atoms with Crippen molar-refractivity contribution in [2.45, 2.75) is 4.34 Å². The molecular weight excluding hydrogens is 296 g/mol. The van der Waals surface area contributed by atoms with Crippen molar-refractivity contribution in [1.29, 1.82) is 0 Å². The van der Waals surface area contributed by atoms with Gasteiger partial charge in [0.1, 0.15) is 11.6 Å². The molecule has 0 bridgehead atoms. The van der Waals surface area contributed by atoms with Crippen molar-refractivity contribution in [2.24, 2.45) is 0 Å². The van der Waals surface area contributed by atoms with Gasteiger partial charge in [-0.25, -0.2) is 8.78 Å². The summed E-state index contributed by atoms with van der Waals surface area (Å²) in [6.45, 7) is 0. The SMILES string of the molecule is O=C(O)CSc1nnc(Nc2cc(F)ccc2F)s1. The van der Waals surface area contributed by atoms with Gasteiger partial charge < -0.3 is 10.4 Å². The van der Waals surface area contributed by atoms with Gasteiger partial charge in [0.25, 0.3) is 0 Å². The average Bonchev–Trinajstić information content (AvgIpc) is 2.79. The number of halogens is 2. The second-order valence-electron chi connectivity index (χ2n) is 3.30. The summed E-state index contributed by atoms with van der Waals surface area (Å²) < 4.78 is 26.7. The van der Waals surface area contributed by atoms with Crippen LogP contribution in [0, 0.1) is 11.6 Å². The zero-order valence-corrected chi connectivity index (χ0v) is 10.9. The molecule has 9 heteroatoms. The zero-order valence-electron chi connectivity index (χ0n) is 9.26. The summed E-state index contributed by atoms with van der Waals surface area (Å²) >= 11 is 2.07. The quantitative estimate of drug-likeness (QED) is 0.827. The highest BCUT2D eigenvalue weighted by Gasteiger charge is 2.10. The fraction of sp³-hybridized carbons (Fsp3) is 0.100. The Morgan fingerprint density at radius 3 is 2.95 bits per heavy atom. The van der Waals surface area contributed by atoms with Crippen LogP contribution in [0.15, 0.2) is 22.5 Å². The van der Waals surface area contributed by atoms with Crippen LogP contribution in [-0.4, -0.2) is 27.0 Å². The number of anilines is 2. The first-order chi connectivity index (χ1) is 9.04. The minimum absolute atomic E-state index is 0.0501. The van der Waals surface area contributed by atoms with E-state index in [2.05, 4.69) is 15.5 Å². The fourth-order valence-electron chi connectivity index (χ4n) is 1.15. The molecule has 1 aromatic heterocycles. The van der Waals surface area contributed by atoms with Crippen molar-refractivity contribution in [3.63, 3.8) is 0 Å². The molecule has 0 saturated carbocycles. The van der Waals surface area contributed by atoms with E-state index in [-0.39, 0.29) is 16.6 Å². The molecule has 0 radical (unpaired) electrons. The van der Waals surface area contributed by atoms with Crippen molar-refractivity contribution < 1.29 is 18.7 Å². The fourth-order valence-corrected chi connectivity index (χ4v) is 2.64. The number of thioether (sulfide) groups is 1. The predicted octanol–water partition coefficient (Wildman–Crippen LogP) is 2.74. The Hall–Kier alpha value is -1.74. The number of carboxylic acids is 1. The van der Waals surface area contributed by atoms with E-state index in [1.165, 1.54) is 0 Å². The van der Waals surface area contributed by atoms with Crippen LogP contribution in [0.1, 0.15) is 0 Å². The summed E-state index contributed by atoms with van der Waals surface area (Å²) in [7, 11) is 0. The van der Waals surface area contributed by atoms with Gasteiger partial charge >= 0.3 is 5.97 Å². The van der Waals surface area contributed by atoms with Crippen molar-refractivity contribution in [1.82, 2.24) is 10.2 Å². The summed E-state index contributed by atoms with van der Waals surface area (Å²) in [4.78, 5) is 10.4. The van der Waals surface area contributed by atoms with E-state index in [0.717, 1.165) is 41.3 Å². The minimum atomic E-state index is -0.967. The van der Waals surface area contributed by atoms with Crippen molar-refractivity contribution >= 4 is 39.9 Å². The Balaban J connectivity index is 2.07. The number of hydrogen-bond donors (Lipinski definition) is 2. The molecule has 5 nitrogen and oxygen atoms in total. The molecule has 1 aromatic carbocycles. The third-order valence-electron chi connectivity index (χ3n) is 1.90. The molecule has 0 atom stereocenters. The topological polar surface area (TPSA) is 75.1 Å². The van der Waals surface area contributed by atoms with Gasteiger partial charge in [-0.1, -0.05) is 23.1 Å². The van der Waals surface area contributed by atoms with Gasteiger partial charge in [-0.3, -0.25) is 4.79 Å². The number of aliphatic carboxylic acids is 1. The molecule has 1 heterocycles. The zero-order chi connectivity index (χ0) is 13.8. The van der Waals surface area contributed by atoms with E-state index in [0.29, 0.717) is 4.34 Å². The number of hydrogen-bond acceptors (Lipinski definition) is 6. The maximum absolute atomic E-state index is 13.4. The number of aromatic nitrogens is 2. The summed E-state index contributed by atoms with van der Waals surface area (Å²) in [6, 6.07) is 3.01. The van der Waals surface area contributed by atoms with E-state index >= 15 is 0 Å². The second-order valence-corrected chi connectivity index (χ2v) is 5.50. The molecule has 0 aliphatic carbocycles. The normalized spacial score (nSPS) is 10.4. The molecule has 0 amide bonds. The standard InChI is InChI=1S/C10H7F2N3O2S2/c11-5-1-2-6(12)7(3-5)13-9-14-15-10(19-9)18-4-8(16)17/h1-3H,4H2,(H,13,14)(H,16,17). The largest absolute Gasteiger partial charge is 0.481 e. The number of nitrogens with zero attached hydrogens (tertiary/aromatic N) is 2. The lowest BCUT2D eigenvalue weighted by atomic mass is 10.3. The maximum atomic E-state index is 13.4. The molecule has 0 spiro atoms. The monoisotopic (exact) mass is 303 g/mol. The Morgan fingerprint density at radius 1 is 1.42 bits per heavy atom. The highest BCUT2D eigenvalue weighted by molar-refractivity contribution is 8.01. The van der Waals surface area contributed by atoms with Crippen LogP contribution >= 0.6 is 23.1 Å². The maximum Gasteiger partial charge on any atom is 0.313 e. The first-order valence-corrected chi connectivity index (χ1v) is 6.75. The van der Waals surface area contributed by atoms with Crippen LogP contribution in [0.2, 0.25) is 0 Å². The van der Waals surface area contributed by atoms with Crippen LogP contribution < -0.4 is 5.32 Å². The van der Waals surface area contributed by atoms with E-state index in [9.17, 15) is 13.6 Å². The molecular formula is C10H7F2N3O2S2. The van der Waals surface area contributed by atoms with Crippen LogP contribution in [-0.2, 0) is 4.79 Å². The van der Waals surface area contributed by atoms with Crippen molar-refractivity contribution in [2.75, 3.05) is 11.1 Å². The molecule has 2 aromatic rings. The van der Waals surface area contributed by atoms with Crippen LogP contribution in [0.25, 0.3) is 0 Å². The van der Waals surface area contributed by atoms with Gasteiger partial charge in [-0.15, -0.1) is 10.2 Å². The van der Waals surface area contributed by atoms with E-state index < -0.39 is 17.6 Å². The Labute approximate surface area is 114 Å². The Kier molecular flexibility index (Phi) is 4.27. The Bertz CT molecular complexity index is 606. The molecule has 100 valence electrons. The lowest BCUT2D eigenvalue weighted by Crippen LogP contribution is -1.96. The van der Waals surface area contributed by atoms with Crippen LogP contribution in [0.5, 0.6) is 0 Å². The number of carboxylic acid groups (broad SMARTS) is 1. The van der Waals surface area contributed by atoms with Gasteiger partial charge in [-0.05, 0) is 12.1 Å². The molecule has 0 unspecified atom stereocenters. The first-order valence-electron chi connectivity index (χ1n) is 4.95. The van der Waals surface area contributed by atoms with Crippen LogP contribution in [0.3, 0.4) is 0 Å².